The highest BCUT2D eigenvalue weighted by molar-refractivity contribution is 6.09. The minimum Gasteiger partial charge on any atom is -0.475 e. The largest absolute Gasteiger partial charge is 0.490 e. The SMILES string of the molecule is O=C(O)C(F)(F)F.O=C1Nc2ccccc2[C@]12C[C@H]2c1ccc2c(C=Cc3ccc(CN4CCOCC4)c(F)c3)n[nH]c2c1. The fourth-order valence-corrected chi connectivity index (χ4v) is 5.92. The molecule has 2 fully saturated rings. The Morgan fingerprint density at radius 2 is 1.84 bits per heavy atom. The van der Waals surface area contributed by atoms with E-state index in [4.69, 9.17) is 14.6 Å². The van der Waals surface area contributed by atoms with E-state index in [0.29, 0.717) is 25.3 Å². The van der Waals surface area contributed by atoms with Gasteiger partial charge in [-0.05, 0) is 47.4 Å². The number of carbonyl (C=O) groups excluding carboxylic acids is 1. The molecule has 3 N–H and O–H groups in total. The zero-order chi connectivity index (χ0) is 31.1. The number of nitrogens with zero attached hydrogens (tertiary/aromatic N) is 2. The maximum Gasteiger partial charge on any atom is 0.490 e. The van der Waals surface area contributed by atoms with Gasteiger partial charge in [0.25, 0.3) is 0 Å². The molecule has 1 saturated carbocycles. The molecule has 1 spiro atoms. The summed E-state index contributed by atoms with van der Waals surface area (Å²) in [6.07, 6.45) is -0.468. The van der Waals surface area contributed by atoms with Crippen LogP contribution in [0.4, 0.5) is 23.2 Å². The number of nitrogens with one attached hydrogen (secondary N) is 2. The van der Waals surface area contributed by atoms with Crippen molar-refractivity contribution in [2.24, 2.45) is 0 Å². The number of aliphatic carboxylic acids is 1. The maximum absolute atomic E-state index is 14.8. The van der Waals surface area contributed by atoms with Crippen molar-refractivity contribution in [2.45, 2.75) is 30.5 Å². The number of rotatable bonds is 5. The zero-order valence-corrected chi connectivity index (χ0v) is 23.3. The van der Waals surface area contributed by atoms with Crippen molar-refractivity contribution in [3.8, 4) is 0 Å². The van der Waals surface area contributed by atoms with Crippen LogP contribution in [-0.4, -0.2) is 64.6 Å². The third-order valence-electron chi connectivity index (χ3n) is 8.29. The molecule has 7 rings (SSSR count). The van der Waals surface area contributed by atoms with Gasteiger partial charge in [-0.3, -0.25) is 14.8 Å². The molecule has 3 aliphatic rings. The van der Waals surface area contributed by atoms with Crippen LogP contribution in [0.3, 0.4) is 0 Å². The molecule has 2 atom stereocenters. The Hall–Kier alpha value is -4.55. The Morgan fingerprint density at radius 1 is 1.09 bits per heavy atom. The first kappa shape index (κ1) is 29.5. The zero-order valence-electron chi connectivity index (χ0n) is 23.3. The van der Waals surface area contributed by atoms with Crippen molar-refractivity contribution in [3.05, 3.63) is 94.4 Å². The number of hydrogen-bond acceptors (Lipinski definition) is 5. The van der Waals surface area contributed by atoms with Gasteiger partial charge in [-0.2, -0.15) is 18.3 Å². The van der Waals surface area contributed by atoms with Crippen LogP contribution in [0.5, 0.6) is 0 Å². The lowest BCUT2D eigenvalue weighted by Gasteiger charge is -2.26. The van der Waals surface area contributed by atoms with E-state index < -0.39 is 17.6 Å². The van der Waals surface area contributed by atoms with Crippen molar-refractivity contribution in [2.75, 3.05) is 31.6 Å². The summed E-state index contributed by atoms with van der Waals surface area (Å²) in [7, 11) is 0. The van der Waals surface area contributed by atoms with E-state index >= 15 is 0 Å². The molecule has 0 bridgehead atoms. The van der Waals surface area contributed by atoms with E-state index in [2.05, 4.69) is 44.7 Å². The molecule has 2 aliphatic heterocycles. The first-order valence-corrected chi connectivity index (χ1v) is 14.0. The van der Waals surface area contributed by atoms with E-state index in [1.807, 2.05) is 42.5 Å². The average molecular weight is 609 g/mol. The molecule has 3 heterocycles. The Balaban J connectivity index is 0.000000441. The lowest BCUT2D eigenvalue weighted by Crippen LogP contribution is -2.35. The number of carboxylic acid groups (broad SMARTS) is 1. The molecule has 44 heavy (non-hydrogen) atoms. The second kappa shape index (κ2) is 11.5. The van der Waals surface area contributed by atoms with Crippen LogP contribution < -0.4 is 5.32 Å². The predicted molar refractivity (Wildman–Crippen MR) is 155 cm³/mol. The third kappa shape index (κ3) is 5.70. The van der Waals surface area contributed by atoms with Crippen molar-refractivity contribution >= 4 is 40.6 Å². The van der Waals surface area contributed by atoms with Crippen LogP contribution in [0.1, 0.15) is 40.3 Å². The van der Waals surface area contributed by atoms with Crippen LogP contribution in [0.25, 0.3) is 23.1 Å². The van der Waals surface area contributed by atoms with Crippen LogP contribution in [-0.2, 0) is 26.3 Å². The number of carbonyl (C=O) groups is 2. The highest BCUT2D eigenvalue weighted by Crippen LogP contribution is 2.65. The molecule has 1 saturated heterocycles. The summed E-state index contributed by atoms with van der Waals surface area (Å²) in [6, 6.07) is 19.6. The average Bonchev–Trinajstić information content (AvgIpc) is 3.53. The van der Waals surface area contributed by atoms with Crippen LogP contribution >= 0.6 is 0 Å². The van der Waals surface area contributed by atoms with E-state index in [0.717, 1.165) is 58.5 Å². The molecule has 1 aliphatic carbocycles. The van der Waals surface area contributed by atoms with E-state index in [1.165, 1.54) is 0 Å². The fourth-order valence-electron chi connectivity index (χ4n) is 5.92. The maximum atomic E-state index is 14.8. The van der Waals surface area contributed by atoms with Crippen LogP contribution in [0.15, 0.2) is 60.7 Å². The number of morpholine rings is 1. The Morgan fingerprint density at radius 3 is 2.57 bits per heavy atom. The van der Waals surface area contributed by atoms with Gasteiger partial charge in [0.15, 0.2) is 0 Å². The first-order valence-electron chi connectivity index (χ1n) is 14.0. The summed E-state index contributed by atoms with van der Waals surface area (Å²) in [6.45, 7) is 3.66. The normalized spacial score (nSPS) is 21.3. The van der Waals surface area contributed by atoms with Gasteiger partial charge in [-0.15, -0.1) is 0 Å². The molecular weight excluding hydrogens is 580 g/mol. The number of aromatic amines is 1. The Bertz CT molecular complexity index is 1760. The van der Waals surface area contributed by atoms with Gasteiger partial charge < -0.3 is 15.2 Å². The number of fused-ring (bicyclic) bond motifs is 3. The fraction of sp³-hybridized carbons (Fsp3) is 0.281. The molecule has 1 aromatic heterocycles. The standard InChI is InChI=1S/C30H27FN4O2.C2HF3O2/c31-25-15-19(5-7-21(25)18-35-11-13-37-14-12-35)6-10-26-22-9-8-20(16-28(22)34-33-26)24-17-30(24)23-3-1-2-4-27(23)32-29(30)36;3-2(4,5)1(6)7/h1-10,15-16,24H,11-14,17-18H2,(H,32,36)(H,33,34);(H,6,7)/t24-,30-;/m0./s1. The van der Waals surface area contributed by atoms with Gasteiger partial charge in [0.05, 0.1) is 29.8 Å². The number of para-hydroxylation sites is 1. The Labute approximate surface area is 249 Å². The number of carboxylic acids is 1. The molecular formula is C32H28F4N4O4. The topological polar surface area (TPSA) is 108 Å². The number of anilines is 1. The molecule has 3 aromatic carbocycles. The summed E-state index contributed by atoms with van der Waals surface area (Å²) < 4.78 is 51.9. The summed E-state index contributed by atoms with van der Waals surface area (Å²) >= 11 is 0. The lowest BCUT2D eigenvalue weighted by molar-refractivity contribution is -0.192. The van der Waals surface area contributed by atoms with E-state index in [1.54, 1.807) is 6.07 Å². The number of alkyl halides is 3. The molecule has 4 aromatic rings. The number of amides is 1. The van der Waals surface area contributed by atoms with Gasteiger partial charge >= 0.3 is 12.1 Å². The molecule has 1 amide bonds. The van der Waals surface area contributed by atoms with Crippen molar-refractivity contribution in [1.29, 1.82) is 0 Å². The van der Waals surface area contributed by atoms with Gasteiger partial charge in [0.2, 0.25) is 5.91 Å². The molecule has 0 unspecified atom stereocenters. The van der Waals surface area contributed by atoms with Crippen molar-refractivity contribution in [3.63, 3.8) is 0 Å². The summed E-state index contributed by atoms with van der Waals surface area (Å²) in [5.74, 6) is -2.70. The summed E-state index contributed by atoms with van der Waals surface area (Å²) in [5, 5.41) is 18.8. The van der Waals surface area contributed by atoms with Gasteiger partial charge in [-0.1, -0.05) is 48.5 Å². The number of halogens is 4. The number of benzene rings is 3. The highest BCUT2D eigenvalue weighted by Gasteiger charge is 2.65. The summed E-state index contributed by atoms with van der Waals surface area (Å²) in [5.41, 5.74) is 5.93. The molecule has 0 radical (unpaired) electrons. The van der Waals surface area contributed by atoms with Crippen molar-refractivity contribution in [1.82, 2.24) is 15.1 Å². The molecule has 12 heteroatoms. The number of ether oxygens (including phenoxy) is 1. The lowest BCUT2D eigenvalue weighted by atomic mass is 9.92. The van der Waals surface area contributed by atoms with Crippen molar-refractivity contribution < 1.29 is 37.0 Å². The minimum atomic E-state index is -5.08. The number of hydrogen-bond donors (Lipinski definition) is 3. The molecule has 228 valence electrons. The smallest absolute Gasteiger partial charge is 0.475 e. The van der Waals surface area contributed by atoms with Gasteiger partial charge in [0, 0.05) is 42.2 Å². The minimum absolute atomic E-state index is 0.0928. The molecule has 8 nitrogen and oxygen atoms in total. The third-order valence-corrected chi connectivity index (χ3v) is 8.29. The monoisotopic (exact) mass is 608 g/mol. The van der Waals surface area contributed by atoms with Crippen LogP contribution in [0, 0.1) is 5.82 Å². The second-order valence-electron chi connectivity index (χ2n) is 11.0. The summed E-state index contributed by atoms with van der Waals surface area (Å²) in [4.78, 5) is 24.0. The first-order chi connectivity index (χ1) is 21.1. The van der Waals surface area contributed by atoms with E-state index in [-0.39, 0.29) is 17.6 Å². The predicted octanol–water partition coefficient (Wildman–Crippen LogP) is 5.72. The number of H-pyrrole nitrogens is 1. The Kier molecular flexibility index (Phi) is 7.72. The second-order valence-corrected chi connectivity index (χ2v) is 11.0. The highest BCUT2D eigenvalue weighted by atomic mass is 19.4. The van der Waals surface area contributed by atoms with Gasteiger partial charge in [0.1, 0.15) is 5.82 Å². The van der Waals surface area contributed by atoms with Crippen LogP contribution in [0.2, 0.25) is 0 Å². The quantitative estimate of drug-likeness (QED) is 0.251. The van der Waals surface area contributed by atoms with Gasteiger partial charge in [-0.25, -0.2) is 9.18 Å². The van der Waals surface area contributed by atoms with E-state index in [9.17, 15) is 22.4 Å². The number of aromatic nitrogens is 2.